The van der Waals surface area contributed by atoms with Crippen LogP contribution >= 0.6 is 0 Å². The Balaban J connectivity index is 4.16. The summed E-state index contributed by atoms with van der Waals surface area (Å²) in [5.41, 5.74) is -0.695. The van der Waals surface area contributed by atoms with Crippen LogP contribution in [0.15, 0.2) is 0 Å². The summed E-state index contributed by atoms with van der Waals surface area (Å²) in [6.45, 7) is 8.85. The highest BCUT2D eigenvalue weighted by Crippen LogP contribution is 2.13. The Labute approximate surface area is 99.0 Å². The molecule has 0 bridgehead atoms. The van der Waals surface area contributed by atoms with E-state index in [0.29, 0.717) is 25.9 Å². The summed E-state index contributed by atoms with van der Waals surface area (Å²) in [5, 5.41) is 13.2. The van der Waals surface area contributed by atoms with Gasteiger partial charge in [0.1, 0.15) is 0 Å². The fraction of sp³-hybridized carbons (Fsp3) is 0.917. The maximum absolute atomic E-state index is 11.7. The second-order valence-electron chi connectivity index (χ2n) is 4.39. The summed E-state index contributed by atoms with van der Waals surface area (Å²) in [5.74, 6) is 0.0667. The number of hydrogen-bond acceptors (Lipinski definition) is 3. The Morgan fingerprint density at radius 3 is 2.25 bits per heavy atom. The molecular formula is C12H26N2O2. The van der Waals surface area contributed by atoms with Crippen molar-refractivity contribution in [3.63, 3.8) is 0 Å². The summed E-state index contributed by atoms with van der Waals surface area (Å²) in [4.78, 5) is 13.4. The molecule has 0 saturated heterocycles. The molecule has 4 nitrogen and oxygen atoms in total. The minimum atomic E-state index is -0.695. The molecule has 0 aromatic heterocycles. The van der Waals surface area contributed by atoms with Gasteiger partial charge >= 0.3 is 0 Å². The Bertz CT molecular complexity index is 215. The number of carbonyl (C=O) groups excluding carboxylic acids is 1. The number of nitrogens with one attached hydrogen (secondary N) is 1. The number of hydrogen-bond donors (Lipinski definition) is 2. The van der Waals surface area contributed by atoms with Gasteiger partial charge in [0.05, 0.1) is 11.6 Å². The summed E-state index contributed by atoms with van der Waals surface area (Å²) < 4.78 is 0. The van der Waals surface area contributed by atoms with Crippen LogP contribution in [-0.2, 0) is 4.79 Å². The van der Waals surface area contributed by atoms with Gasteiger partial charge < -0.3 is 15.3 Å². The highest BCUT2D eigenvalue weighted by molar-refractivity contribution is 5.81. The van der Waals surface area contributed by atoms with Crippen molar-refractivity contribution in [2.24, 2.45) is 0 Å². The van der Waals surface area contributed by atoms with Crippen molar-refractivity contribution in [2.45, 2.75) is 52.2 Å². The first-order valence-corrected chi connectivity index (χ1v) is 6.11. The lowest BCUT2D eigenvalue weighted by Gasteiger charge is -2.28. The van der Waals surface area contributed by atoms with Gasteiger partial charge in [-0.2, -0.15) is 0 Å². The highest BCUT2D eigenvalue weighted by Gasteiger charge is 2.24. The zero-order valence-electron chi connectivity index (χ0n) is 11.2. The number of carbonyl (C=O) groups is 1. The Kier molecular flexibility index (Phi) is 6.60. The fourth-order valence-corrected chi connectivity index (χ4v) is 1.42. The molecule has 0 fully saturated rings. The van der Waals surface area contributed by atoms with Crippen LogP contribution in [-0.4, -0.2) is 47.7 Å². The summed E-state index contributed by atoms with van der Waals surface area (Å²) in [6, 6.07) is -0.241. The van der Waals surface area contributed by atoms with Gasteiger partial charge in [-0.05, 0) is 26.7 Å². The molecule has 0 rings (SSSR count). The molecule has 1 unspecified atom stereocenters. The fourth-order valence-electron chi connectivity index (χ4n) is 1.42. The first-order valence-electron chi connectivity index (χ1n) is 6.11. The highest BCUT2D eigenvalue weighted by atomic mass is 16.3. The lowest BCUT2D eigenvalue weighted by atomic mass is 9.97. The molecule has 0 spiro atoms. The quantitative estimate of drug-likeness (QED) is 0.686. The van der Waals surface area contributed by atoms with E-state index in [2.05, 4.69) is 5.32 Å². The molecule has 1 atom stereocenters. The second-order valence-corrected chi connectivity index (χ2v) is 4.39. The van der Waals surface area contributed by atoms with Crippen molar-refractivity contribution in [3.8, 4) is 0 Å². The Hall–Kier alpha value is -0.610. The molecule has 0 aliphatic carbocycles. The van der Waals surface area contributed by atoms with E-state index in [4.69, 9.17) is 0 Å². The van der Waals surface area contributed by atoms with E-state index < -0.39 is 5.60 Å². The first-order chi connectivity index (χ1) is 7.40. The van der Waals surface area contributed by atoms with Crippen LogP contribution in [0.3, 0.4) is 0 Å². The van der Waals surface area contributed by atoms with Crippen molar-refractivity contribution in [3.05, 3.63) is 0 Å². The third kappa shape index (κ3) is 4.49. The minimum Gasteiger partial charge on any atom is -0.389 e. The van der Waals surface area contributed by atoms with E-state index in [1.165, 1.54) is 0 Å². The zero-order chi connectivity index (χ0) is 12.8. The van der Waals surface area contributed by atoms with Gasteiger partial charge in [0, 0.05) is 20.1 Å². The Morgan fingerprint density at radius 1 is 1.38 bits per heavy atom. The van der Waals surface area contributed by atoms with Crippen molar-refractivity contribution in [1.82, 2.24) is 10.2 Å². The molecule has 96 valence electrons. The molecular weight excluding hydrogens is 204 g/mol. The molecule has 0 aromatic carbocycles. The third-order valence-corrected chi connectivity index (χ3v) is 3.27. The van der Waals surface area contributed by atoms with Gasteiger partial charge in [-0.3, -0.25) is 4.79 Å². The van der Waals surface area contributed by atoms with Crippen LogP contribution in [0.4, 0.5) is 0 Å². The molecule has 0 aliphatic rings. The van der Waals surface area contributed by atoms with E-state index in [1.807, 2.05) is 27.7 Å². The van der Waals surface area contributed by atoms with Crippen LogP contribution < -0.4 is 5.32 Å². The van der Waals surface area contributed by atoms with E-state index >= 15 is 0 Å². The van der Waals surface area contributed by atoms with Crippen LogP contribution in [0.5, 0.6) is 0 Å². The first kappa shape index (κ1) is 15.4. The van der Waals surface area contributed by atoms with Gasteiger partial charge in [-0.15, -0.1) is 0 Å². The van der Waals surface area contributed by atoms with Gasteiger partial charge in [-0.25, -0.2) is 0 Å². The number of likely N-dealkylation sites (N-methyl/N-ethyl adjacent to an activating group) is 1. The molecule has 16 heavy (non-hydrogen) atoms. The summed E-state index contributed by atoms with van der Waals surface area (Å²) in [7, 11) is 1.78. The van der Waals surface area contributed by atoms with Crippen LogP contribution in [0.2, 0.25) is 0 Å². The molecule has 0 aliphatic heterocycles. The smallest absolute Gasteiger partial charge is 0.239 e. The van der Waals surface area contributed by atoms with Gasteiger partial charge in [0.2, 0.25) is 5.91 Å². The number of aliphatic hydroxyl groups is 1. The van der Waals surface area contributed by atoms with Gasteiger partial charge in [0.15, 0.2) is 0 Å². The average Bonchev–Trinajstić information content (AvgIpc) is 2.33. The lowest BCUT2D eigenvalue weighted by molar-refractivity contribution is -0.131. The maximum Gasteiger partial charge on any atom is 0.239 e. The van der Waals surface area contributed by atoms with Crippen molar-refractivity contribution in [2.75, 3.05) is 20.1 Å². The van der Waals surface area contributed by atoms with E-state index in [1.54, 1.807) is 11.9 Å². The number of rotatable bonds is 7. The molecule has 0 saturated carbocycles. The van der Waals surface area contributed by atoms with E-state index in [9.17, 15) is 9.90 Å². The second kappa shape index (κ2) is 6.86. The molecule has 4 heteroatoms. The van der Waals surface area contributed by atoms with Crippen LogP contribution in [0.1, 0.15) is 40.5 Å². The summed E-state index contributed by atoms with van der Waals surface area (Å²) in [6.07, 6.45) is 1.39. The number of amides is 1. The van der Waals surface area contributed by atoms with Crippen LogP contribution in [0, 0.1) is 0 Å². The summed E-state index contributed by atoms with van der Waals surface area (Å²) >= 11 is 0. The molecule has 2 N–H and O–H groups in total. The standard InChI is InChI=1S/C12H26N2O2/c1-6-12(16,7-2)9-13-10(4)11(15)14(5)8-3/h10,13,16H,6-9H2,1-5H3. The molecule has 0 heterocycles. The predicted octanol–water partition coefficient (Wildman–Crippen LogP) is 0.994. The Morgan fingerprint density at radius 2 is 1.88 bits per heavy atom. The molecule has 0 radical (unpaired) electrons. The predicted molar refractivity (Wildman–Crippen MR) is 66.3 cm³/mol. The largest absolute Gasteiger partial charge is 0.389 e. The van der Waals surface area contributed by atoms with Crippen molar-refractivity contribution < 1.29 is 9.90 Å². The van der Waals surface area contributed by atoms with Crippen LogP contribution in [0.25, 0.3) is 0 Å². The SMILES string of the molecule is CCN(C)C(=O)C(C)NCC(O)(CC)CC. The zero-order valence-corrected chi connectivity index (χ0v) is 11.2. The van der Waals surface area contributed by atoms with Crippen molar-refractivity contribution in [1.29, 1.82) is 0 Å². The lowest BCUT2D eigenvalue weighted by Crippen LogP contribution is -2.49. The normalized spacial score (nSPS) is 13.6. The topological polar surface area (TPSA) is 52.6 Å². The number of nitrogens with zero attached hydrogens (tertiary/aromatic N) is 1. The molecule has 1 amide bonds. The maximum atomic E-state index is 11.7. The molecule has 0 aromatic rings. The van der Waals surface area contributed by atoms with Gasteiger partial charge in [-0.1, -0.05) is 13.8 Å². The van der Waals surface area contributed by atoms with E-state index in [-0.39, 0.29) is 11.9 Å². The average molecular weight is 230 g/mol. The monoisotopic (exact) mass is 230 g/mol. The minimum absolute atomic E-state index is 0.0667. The van der Waals surface area contributed by atoms with Gasteiger partial charge in [0.25, 0.3) is 0 Å². The van der Waals surface area contributed by atoms with Crippen molar-refractivity contribution >= 4 is 5.91 Å². The third-order valence-electron chi connectivity index (χ3n) is 3.27. The van der Waals surface area contributed by atoms with E-state index in [0.717, 1.165) is 0 Å².